The highest BCUT2D eigenvalue weighted by atomic mass is 16.7. The summed E-state index contributed by atoms with van der Waals surface area (Å²) < 4.78 is 11.0. The van der Waals surface area contributed by atoms with Crippen LogP contribution in [0, 0.1) is 11.8 Å². The number of nitrogens with one attached hydrogen (secondary N) is 1. The molecule has 4 rings (SSSR count). The maximum atomic E-state index is 13.6. The second-order valence-electron chi connectivity index (χ2n) is 9.10. The first-order chi connectivity index (χ1) is 15.4. The largest absolute Gasteiger partial charge is 0.454 e. The molecular weight excluding hydrogens is 404 g/mol. The molecule has 2 aliphatic rings. The Bertz CT molecular complexity index is 972. The Morgan fingerprint density at radius 3 is 2.47 bits per heavy atom. The highest BCUT2D eigenvalue weighted by molar-refractivity contribution is 5.88. The molecule has 2 amide bonds. The van der Waals surface area contributed by atoms with Gasteiger partial charge in [0.1, 0.15) is 0 Å². The molecule has 0 bridgehead atoms. The van der Waals surface area contributed by atoms with Gasteiger partial charge in [0, 0.05) is 25.2 Å². The summed E-state index contributed by atoms with van der Waals surface area (Å²) in [7, 11) is 0. The van der Waals surface area contributed by atoms with Crippen LogP contribution in [0.15, 0.2) is 42.5 Å². The molecule has 0 aromatic heterocycles. The van der Waals surface area contributed by atoms with E-state index in [1.165, 1.54) is 13.3 Å². The van der Waals surface area contributed by atoms with E-state index in [2.05, 4.69) is 24.1 Å². The van der Waals surface area contributed by atoms with Crippen LogP contribution in [0.25, 0.3) is 0 Å². The minimum absolute atomic E-state index is 0.107. The van der Waals surface area contributed by atoms with Gasteiger partial charge in [0.15, 0.2) is 11.5 Å². The number of anilines is 1. The zero-order valence-electron chi connectivity index (χ0n) is 19.1. The van der Waals surface area contributed by atoms with Gasteiger partial charge in [-0.15, -0.1) is 0 Å². The van der Waals surface area contributed by atoms with E-state index < -0.39 is 0 Å². The lowest BCUT2D eigenvalue weighted by Crippen LogP contribution is -2.47. The number of fused-ring (bicyclic) bond motifs is 1. The van der Waals surface area contributed by atoms with Crippen LogP contribution >= 0.6 is 0 Å². The Balaban J connectivity index is 1.54. The molecule has 3 unspecified atom stereocenters. The fraction of sp³-hybridized carbons (Fsp3) is 0.462. The van der Waals surface area contributed by atoms with Crippen molar-refractivity contribution in [2.75, 3.05) is 12.1 Å². The van der Waals surface area contributed by atoms with Crippen LogP contribution in [-0.4, -0.2) is 29.5 Å². The van der Waals surface area contributed by atoms with Gasteiger partial charge in [0.05, 0.1) is 6.42 Å². The lowest BCUT2D eigenvalue weighted by atomic mass is 9.77. The normalized spacial score (nSPS) is 21.8. The average molecular weight is 437 g/mol. The van der Waals surface area contributed by atoms with Gasteiger partial charge in [-0.2, -0.15) is 0 Å². The lowest BCUT2D eigenvalue weighted by molar-refractivity contribution is -0.136. The summed E-state index contributed by atoms with van der Waals surface area (Å²) in [5, 5.41) is 2.77. The topological polar surface area (TPSA) is 67.9 Å². The minimum Gasteiger partial charge on any atom is -0.454 e. The molecule has 1 aliphatic carbocycles. The van der Waals surface area contributed by atoms with Crippen molar-refractivity contribution < 1.29 is 19.1 Å². The molecule has 1 aliphatic heterocycles. The molecule has 6 heteroatoms. The Kier molecular flexibility index (Phi) is 6.68. The summed E-state index contributed by atoms with van der Waals surface area (Å²) in [5.74, 6) is 2.56. The van der Waals surface area contributed by atoms with E-state index in [1.54, 1.807) is 0 Å². The molecule has 1 heterocycles. The van der Waals surface area contributed by atoms with Crippen molar-refractivity contribution in [3.05, 3.63) is 53.6 Å². The van der Waals surface area contributed by atoms with Crippen LogP contribution in [-0.2, 0) is 22.6 Å². The van der Waals surface area contributed by atoms with Crippen molar-refractivity contribution in [2.24, 2.45) is 11.8 Å². The van der Waals surface area contributed by atoms with Crippen molar-refractivity contribution in [1.29, 1.82) is 0 Å². The number of carbonyl (C=O) groups excluding carboxylic acids is 2. The van der Waals surface area contributed by atoms with Gasteiger partial charge in [-0.25, -0.2) is 0 Å². The summed E-state index contributed by atoms with van der Waals surface area (Å²) in [6.45, 7) is 6.85. The van der Waals surface area contributed by atoms with Crippen LogP contribution in [0.3, 0.4) is 0 Å². The molecule has 0 radical (unpaired) electrons. The minimum atomic E-state index is -0.107. The van der Waals surface area contributed by atoms with Crippen molar-refractivity contribution >= 4 is 17.5 Å². The lowest BCUT2D eigenvalue weighted by Gasteiger charge is -2.42. The van der Waals surface area contributed by atoms with Crippen molar-refractivity contribution in [3.8, 4) is 11.5 Å². The van der Waals surface area contributed by atoms with Gasteiger partial charge in [-0.1, -0.05) is 44.9 Å². The molecule has 32 heavy (non-hydrogen) atoms. The quantitative estimate of drug-likeness (QED) is 0.708. The third-order valence-corrected chi connectivity index (χ3v) is 6.80. The Morgan fingerprint density at radius 2 is 1.72 bits per heavy atom. The van der Waals surface area contributed by atoms with Crippen molar-refractivity contribution in [3.63, 3.8) is 0 Å². The number of hydrogen-bond acceptors (Lipinski definition) is 4. The predicted molar refractivity (Wildman–Crippen MR) is 124 cm³/mol. The first-order valence-corrected chi connectivity index (χ1v) is 11.4. The third-order valence-electron chi connectivity index (χ3n) is 6.80. The van der Waals surface area contributed by atoms with E-state index >= 15 is 0 Å². The van der Waals surface area contributed by atoms with E-state index in [0.29, 0.717) is 24.8 Å². The van der Waals surface area contributed by atoms with Gasteiger partial charge in [-0.05, 0) is 53.6 Å². The number of amides is 2. The first-order valence-electron chi connectivity index (χ1n) is 11.4. The van der Waals surface area contributed by atoms with Gasteiger partial charge >= 0.3 is 0 Å². The van der Waals surface area contributed by atoms with Gasteiger partial charge < -0.3 is 19.7 Å². The SMILES string of the molecule is CC(=O)Nc1ccc(CC(=O)N(Cc2ccc3c(c2)OCO3)C2CCCC(C)C2C)cc1. The van der Waals surface area contributed by atoms with Crippen LogP contribution in [0.4, 0.5) is 5.69 Å². The number of benzene rings is 2. The van der Waals surface area contributed by atoms with Gasteiger partial charge in [0.2, 0.25) is 18.6 Å². The van der Waals surface area contributed by atoms with Crippen LogP contribution in [0.1, 0.15) is 51.2 Å². The van der Waals surface area contributed by atoms with Crippen LogP contribution in [0.5, 0.6) is 11.5 Å². The smallest absolute Gasteiger partial charge is 0.231 e. The third kappa shape index (κ3) is 5.06. The van der Waals surface area contributed by atoms with E-state index in [-0.39, 0.29) is 24.6 Å². The van der Waals surface area contributed by atoms with E-state index in [1.807, 2.05) is 42.5 Å². The number of carbonyl (C=O) groups is 2. The Labute approximate surface area is 189 Å². The zero-order valence-corrected chi connectivity index (χ0v) is 19.1. The molecular formula is C26H32N2O4. The molecule has 2 aromatic rings. The summed E-state index contributed by atoms with van der Waals surface area (Å²) in [6, 6.07) is 13.7. The van der Waals surface area contributed by atoms with Crippen molar-refractivity contribution in [2.45, 2.75) is 59.0 Å². The standard InChI is InChI=1S/C26H32N2O4/c1-17-5-4-6-23(18(17)2)28(15-21-9-12-24-25(13-21)32-16-31-24)26(30)14-20-7-10-22(11-8-20)27-19(3)29/h7-13,17-18,23H,4-6,14-16H2,1-3H3,(H,27,29). The molecule has 170 valence electrons. The zero-order chi connectivity index (χ0) is 22.7. The molecule has 3 atom stereocenters. The number of hydrogen-bond donors (Lipinski definition) is 1. The molecule has 1 N–H and O–H groups in total. The summed E-state index contributed by atoms with van der Waals surface area (Å²) in [6.07, 6.45) is 3.73. The molecule has 2 aromatic carbocycles. The second-order valence-corrected chi connectivity index (χ2v) is 9.10. The Morgan fingerprint density at radius 1 is 1.00 bits per heavy atom. The highest BCUT2D eigenvalue weighted by Crippen LogP contribution is 2.36. The predicted octanol–water partition coefficient (Wildman–Crippen LogP) is 4.77. The summed E-state index contributed by atoms with van der Waals surface area (Å²) >= 11 is 0. The van der Waals surface area contributed by atoms with E-state index in [0.717, 1.165) is 41.2 Å². The number of nitrogens with zero attached hydrogens (tertiary/aromatic N) is 1. The number of rotatable bonds is 6. The van der Waals surface area contributed by atoms with E-state index in [4.69, 9.17) is 9.47 Å². The first kappa shape index (κ1) is 22.2. The average Bonchev–Trinajstić information content (AvgIpc) is 3.23. The molecule has 0 saturated heterocycles. The summed E-state index contributed by atoms with van der Waals surface area (Å²) in [4.78, 5) is 26.9. The maximum Gasteiger partial charge on any atom is 0.231 e. The summed E-state index contributed by atoms with van der Waals surface area (Å²) in [5.41, 5.74) is 2.73. The molecule has 1 saturated carbocycles. The molecule has 1 fully saturated rings. The fourth-order valence-corrected chi connectivity index (χ4v) is 4.81. The fourth-order valence-electron chi connectivity index (χ4n) is 4.81. The van der Waals surface area contributed by atoms with E-state index in [9.17, 15) is 9.59 Å². The molecule has 6 nitrogen and oxygen atoms in total. The van der Waals surface area contributed by atoms with Crippen molar-refractivity contribution in [1.82, 2.24) is 4.90 Å². The Hall–Kier alpha value is -3.02. The maximum absolute atomic E-state index is 13.6. The monoisotopic (exact) mass is 436 g/mol. The van der Waals surface area contributed by atoms with Crippen LogP contribution < -0.4 is 14.8 Å². The number of ether oxygens (including phenoxy) is 2. The van der Waals surface area contributed by atoms with Crippen LogP contribution in [0.2, 0.25) is 0 Å². The highest BCUT2D eigenvalue weighted by Gasteiger charge is 2.34. The van der Waals surface area contributed by atoms with Gasteiger partial charge in [0.25, 0.3) is 0 Å². The van der Waals surface area contributed by atoms with Gasteiger partial charge in [-0.3, -0.25) is 9.59 Å². The second kappa shape index (κ2) is 9.63. The molecule has 0 spiro atoms.